The Balaban J connectivity index is 1.50. The van der Waals surface area contributed by atoms with Gasteiger partial charge in [-0.15, -0.1) is 0 Å². The average Bonchev–Trinajstić information content (AvgIpc) is 3.23. The number of carbonyl (C=O) groups excluding carboxylic acids is 1. The maximum absolute atomic E-state index is 13.1. The van der Waals surface area contributed by atoms with Crippen LogP contribution in [-0.2, 0) is 16.5 Å². The average molecular weight is 345 g/mol. The van der Waals surface area contributed by atoms with Crippen molar-refractivity contribution >= 4 is 5.91 Å². The molecule has 2 aromatic rings. The molecule has 3 heterocycles. The number of carbonyl (C=O) groups is 1. The highest BCUT2D eigenvalue weighted by Crippen LogP contribution is 2.32. The molecule has 1 amide bonds. The highest BCUT2D eigenvalue weighted by molar-refractivity contribution is 5.93. The van der Waals surface area contributed by atoms with E-state index in [1.807, 2.05) is 4.90 Å². The highest BCUT2D eigenvalue weighted by Gasteiger charge is 2.41. The van der Waals surface area contributed by atoms with Gasteiger partial charge in [-0.1, -0.05) is 0 Å². The minimum atomic E-state index is -0.498. The number of hydrogen-bond acceptors (Lipinski definition) is 4. The summed E-state index contributed by atoms with van der Waals surface area (Å²) < 4.78 is 26.1. The van der Waals surface area contributed by atoms with Crippen LogP contribution in [0, 0.1) is 5.82 Å². The van der Waals surface area contributed by atoms with Crippen LogP contribution in [0.5, 0.6) is 0 Å². The summed E-state index contributed by atoms with van der Waals surface area (Å²) >= 11 is 0. The first-order valence-electron chi connectivity index (χ1n) is 8.44. The molecule has 2 aliphatic rings. The largest absolute Gasteiger partial charge is 0.347 e. The Morgan fingerprint density at radius 1 is 1.16 bits per heavy atom. The van der Waals surface area contributed by atoms with Crippen molar-refractivity contribution in [3.05, 3.63) is 41.8 Å². The number of nitrogens with zero attached hydrogens (tertiary/aromatic N) is 3. The number of rotatable bonds is 2. The van der Waals surface area contributed by atoms with Crippen molar-refractivity contribution in [2.45, 2.75) is 18.6 Å². The van der Waals surface area contributed by atoms with Crippen molar-refractivity contribution in [2.75, 3.05) is 26.3 Å². The fourth-order valence-electron chi connectivity index (χ4n) is 3.43. The fourth-order valence-corrected chi connectivity index (χ4v) is 3.43. The predicted molar refractivity (Wildman–Crippen MR) is 88.4 cm³/mol. The van der Waals surface area contributed by atoms with E-state index in [4.69, 9.17) is 9.47 Å². The van der Waals surface area contributed by atoms with Crippen LogP contribution in [0.4, 0.5) is 4.39 Å². The molecule has 6 nitrogen and oxygen atoms in total. The van der Waals surface area contributed by atoms with E-state index in [2.05, 4.69) is 5.10 Å². The lowest BCUT2D eigenvalue weighted by molar-refractivity contribution is -0.181. The summed E-state index contributed by atoms with van der Waals surface area (Å²) in [6.07, 6.45) is 1.36. The van der Waals surface area contributed by atoms with Gasteiger partial charge in [0.25, 0.3) is 5.91 Å². The van der Waals surface area contributed by atoms with Crippen LogP contribution in [0.3, 0.4) is 0 Å². The van der Waals surface area contributed by atoms with E-state index in [1.54, 1.807) is 29.9 Å². The molecule has 2 saturated heterocycles. The van der Waals surface area contributed by atoms with Gasteiger partial charge in [-0.3, -0.25) is 9.48 Å². The minimum absolute atomic E-state index is 0.0591. The van der Waals surface area contributed by atoms with Gasteiger partial charge in [0.2, 0.25) is 0 Å². The third-order valence-corrected chi connectivity index (χ3v) is 4.86. The van der Waals surface area contributed by atoms with Crippen molar-refractivity contribution in [3.8, 4) is 11.3 Å². The summed E-state index contributed by atoms with van der Waals surface area (Å²) in [5, 5.41) is 4.39. The summed E-state index contributed by atoms with van der Waals surface area (Å²) in [7, 11) is 1.74. The molecule has 1 spiro atoms. The second-order valence-corrected chi connectivity index (χ2v) is 6.45. The van der Waals surface area contributed by atoms with Crippen molar-refractivity contribution in [2.24, 2.45) is 7.05 Å². The number of halogens is 1. The zero-order valence-corrected chi connectivity index (χ0v) is 14.1. The van der Waals surface area contributed by atoms with Gasteiger partial charge >= 0.3 is 0 Å². The van der Waals surface area contributed by atoms with Gasteiger partial charge < -0.3 is 14.4 Å². The number of ether oxygens (including phenoxy) is 2. The number of likely N-dealkylation sites (tertiary alicyclic amines) is 1. The lowest BCUT2D eigenvalue weighted by Gasteiger charge is -2.37. The Kier molecular flexibility index (Phi) is 4.05. The Hall–Kier alpha value is -2.25. The van der Waals surface area contributed by atoms with Crippen LogP contribution >= 0.6 is 0 Å². The fraction of sp³-hybridized carbons (Fsp3) is 0.444. The summed E-state index contributed by atoms with van der Waals surface area (Å²) in [5.41, 5.74) is 1.95. The molecule has 0 aliphatic carbocycles. The quantitative estimate of drug-likeness (QED) is 0.837. The first-order valence-corrected chi connectivity index (χ1v) is 8.44. The van der Waals surface area contributed by atoms with Gasteiger partial charge in [0, 0.05) is 38.5 Å². The zero-order valence-electron chi connectivity index (χ0n) is 14.1. The molecule has 7 heteroatoms. The van der Waals surface area contributed by atoms with Crippen LogP contribution in [0.2, 0.25) is 0 Å². The molecule has 0 unspecified atom stereocenters. The first-order chi connectivity index (χ1) is 12.1. The Labute approximate surface area is 145 Å². The topological polar surface area (TPSA) is 56.6 Å². The molecular weight excluding hydrogens is 325 g/mol. The summed E-state index contributed by atoms with van der Waals surface area (Å²) in [5.74, 6) is -0.853. The van der Waals surface area contributed by atoms with Crippen molar-refractivity contribution in [3.63, 3.8) is 0 Å². The molecule has 2 fully saturated rings. The van der Waals surface area contributed by atoms with E-state index >= 15 is 0 Å². The monoisotopic (exact) mass is 345 g/mol. The van der Waals surface area contributed by atoms with Crippen LogP contribution in [-0.4, -0.2) is 52.7 Å². The molecule has 0 N–H and O–H groups in total. The Morgan fingerprint density at radius 3 is 2.44 bits per heavy atom. The number of aryl methyl sites for hydroxylation is 1. The third kappa shape index (κ3) is 3.05. The SMILES string of the molecule is Cn1nc(-c2ccc(F)cc2)cc1C(=O)N1CCC2(CC1)OCCO2. The molecule has 0 bridgehead atoms. The predicted octanol–water partition coefficient (Wildman–Crippen LogP) is 2.21. The molecule has 1 aromatic carbocycles. The van der Waals surface area contributed by atoms with E-state index in [9.17, 15) is 9.18 Å². The smallest absolute Gasteiger partial charge is 0.272 e. The standard InChI is InChI=1S/C18H20FN3O3/c1-21-16(12-15(20-21)13-2-4-14(19)5-3-13)17(23)22-8-6-18(7-9-22)24-10-11-25-18/h2-5,12H,6-11H2,1H3. The summed E-state index contributed by atoms with van der Waals surface area (Å²) in [4.78, 5) is 14.7. The van der Waals surface area contributed by atoms with E-state index in [-0.39, 0.29) is 11.7 Å². The maximum atomic E-state index is 13.1. The van der Waals surface area contributed by atoms with Gasteiger partial charge in [-0.2, -0.15) is 5.10 Å². The van der Waals surface area contributed by atoms with Crippen molar-refractivity contribution < 1.29 is 18.7 Å². The second-order valence-electron chi connectivity index (χ2n) is 6.45. The number of piperidine rings is 1. The van der Waals surface area contributed by atoms with Gasteiger partial charge in [0.1, 0.15) is 11.5 Å². The summed E-state index contributed by atoms with van der Waals surface area (Å²) in [6.45, 7) is 2.43. The molecule has 132 valence electrons. The Morgan fingerprint density at radius 2 is 1.80 bits per heavy atom. The molecular formula is C18H20FN3O3. The van der Waals surface area contributed by atoms with E-state index in [0.717, 1.165) is 5.56 Å². The molecule has 0 radical (unpaired) electrons. The zero-order chi connectivity index (χ0) is 17.4. The number of hydrogen-bond donors (Lipinski definition) is 0. The number of benzene rings is 1. The molecule has 0 saturated carbocycles. The number of amides is 1. The third-order valence-electron chi connectivity index (χ3n) is 4.86. The lowest BCUT2D eigenvalue weighted by atomic mass is 10.0. The molecule has 25 heavy (non-hydrogen) atoms. The molecule has 4 rings (SSSR count). The van der Waals surface area contributed by atoms with Crippen LogP contribution < -0.4 is 0 Å². The van der Waals surface area contributed by atoms with Crippen molar-refractivity contribution in [1.82, 2.24) is 14.7 Å². The second kappa shape index (κ2) is 6.24. The maximum Gasteiger partial charge on any atom is 0.272 e. The normalized spacial score (nSPS) is 19.5. The minimum Gasteiger partial charge on any atom is -0.347 e. The van der Waals surface area contributed by atoms with Crippen LogP contribution in [0.25, 0.3) is 11.3 Å². The number of aromatic nitrogens is 2. The molecule has 1 aromatic heterocycles. The van der Waals surface area contributed by atoms with Gasteiger partial charge in [0.15, 0.2) is 5.79 Å². The van der Waals surface area contributed by atoms with E-state index in [0.29, 0.717) is 50.5 Å². The lowest BCUT2D eigenvalue weighted by Crippen LogP contribution is -2.47. The summed E-state index contributed by atoms with van der Waals surface area (Å²) in [6, 6.07) is 7.84. The van der Waals surface area contributed by atoms with Crippen LogP contribution in [0.1, 0.15) is 23.3 Å². The van der Waals surface area contributed by atoms with Crippen LogP contribution in [0.15, 0.2) is 30.3 Å². The van der Waals surface area contributed by atoms with Gasteiger partial charge in [-0.05, 0) is 30.3 Å². The van der Waals surface area contributed by atoms with E-state index in [1.165, 1.54) is 12.1 Å². The first kappa shape index (κ1) is 16.2. The van der Waals surface area contributed by atoms with Gasteiger partial charge in [0.05, 0.1) is 18.9 Å². The van der Waals surface area contributed by atoms with Crippen molar-refractivity contribution in [1.29, 1.82) is 0 Å². The molecule has 2 aliphatic heterocycles. The van der Waals surface area contributed by atoms with Gasteiger partial charge in [-0.25, -0.2) is 4.39 Å². The Bertz CT molecular complexity index is 771. The highest BCUT2D eigenvalue weighted by atomic mass is 19.1. The molecule has 0 atom stereocenters. The van der Waals surface area contributed by atoms with E-state index < -0.39 is 5.79 Å².